The maximum atomic E-state index is 12.1. The van der Waals surface area contributed by atoms with Gasteiger partial charge in [-0.1, -0.05) is 41.5 Å². The molecule has 0 bridgehead atoms. The highest BCUT2D eigenvalue weighted by Crippen LogP contribution is 2.16. The van der Waals surface area contributed by atoms with Crippen molar-refractivity contribution in [3.05, 3.63) is 0 Å². The molecule has 17 nitrogen and oxygen atoms in total. The SMILES string of the molecule is CC(C)[C@H](N)C(=O)OC(C)(C)C.CC(C)[C@H](NC(=O)OC1CCOCC1)C(=O)O.CC(C)[C@H](NC(=O)OC1CCOCC1)C(=O)OC(C)(C)C.F.FF.FF.FF.FF.FF.FF.FF.FF.FF.FF.FF.FF.FF.FF.FF.FF.FF.FF.FF.FF.FF.FF.FF.FF.FF.FF.FF.FF.FF.FF.FF.FF.FF.FF.FF.FF.FF.FF.FF.FF.FF.FF.FF.FF.FF.FF.OC1CCOCC1. The molecule has 3 aliphatic heterocycles. The summed E-state index contributed by atoms with van der Waals surface area (Å²) >= 11 is 0. The van der Waals surface area contributed by atoms with Crippen LogP contribution in [0.15, 0.2) is 0 Å². The summed E-state index contributed by atoms with van der Waals surface area (Å²) in [7, 11) is 0. The van der Waals surface area contributed by atoms with Crippen LogP contribution in [0, 0.1) is 17.8 Å². The normalized spacial score (nSPS) is 8.86. The summed E-state index contributed by atoms with van der Waals surface area (Å²) in [5.74, 6) is -1.96. The Hall–Kier alpha value is -9.76. The van der Waals surface area contributed by atoms with Crippen LogP contribution < -0.4 is 16.4 Å². The first-order chi connectivity index (χ1) is 72.3. The fourth-order valence-corrected chi connectivity index (χ4v) is 4.92. The van der Waals surface area contributed by atoms with Crippen LogP contribution >= 0.6 is 0 Å². The summed E-state index contributed by atoms with van der Waals surface area (Å²) in [6.45, 7) is 25.6. The third-order valence-corrected chi connectivity index (χ3v) is 8.28. The summed E-state index contributed by atoms with van der Waals surface area (Å²) < 4.78 is 772. The molecular weight excluding hydrogens is 2510 g/mol. The lowest BCUT2D eigenvalue weighted by Crippen LogP contribution is -2.48. The predicted molar refractivity (Wildman–Crippen MR) is 317 cm³/mol. The van der Waals surface area contributed by atoms with Crippen molar-refractivity contribution in [2.45, 2.75) is 169 Å². The molecule has 2 amide bonds. The van der Waals surface area contributed by atoms with Gasteiger partial charge in [0.2, 0.25) is 0 Å². The number of ether oxygens (including phenoxy) is 7. The Labute approximate surface area is 767 Å². The molecule has 0 spiro atoms. The van der Waals surface area contributed by atoms with Gasteiger partial charge in [0.15, 0.2) is 0 Å². The Morgan fingerprint density at radius 1 is 0.240 bits per heavy atom. The summed E-state index contributed by atoms with van der Waals surface area (Å²) in [4.78, 5) is 57.7. The number of nitrogens with two attached hydrogens (primary N) is 1. The largest absolute Gasteiger partial charge is 0.480 e. The highest BCUT2D eigenvalue weighted by Gasteiger charge is 2.31. The second kappa shape index (κ2) is 625. The summed E-state index contributed by atoms with van der Waals surface area (Å²) in [5, 5.41) is 22.7. The van der Waals surface area contributed by atoms with E-state index in [4.69, 9.17) is 470 Å². The molecule has 986 valence electrons. The molecule has 3 heterocycles. The van der Waals surface area contributed by atoms with Gasteiger partial charge >= 0.3 is 30.1 Å². The molecule has 3 rings (SSSR count). The van der Waals surface area contributed by atoms with Crippen molar-refractivity contribution in [2.75, 3.05) is 39.6 Å². The number of carboxylic acids is 1. The fraction of sp³-hybridized carbons (Fsp3) is 0.875. The molecule has 0 saturated carbocycles. The topological polar surface area (TPSA) is 240 Å². The molecule has 0 aromatic rings. The number of hydrogen-bond donors (Lipinski definition) is 5. The van der Waals surface area contributed by atoms with E-state index in [-0.39, 0.29) is 46.7 Å². The number of carbonyl (C=O) groups excluding carboxylic acids is 4. The van der Waals surface area contributed by atoms with E-state index in [1.807, 2.05) is 48.5 Å². The number of halogens is 93. The molecule has 0 aromatic heterocycles. The number of aliphatic carboxylic acids is 1. The third-order valence-electron chi connectivity index (χ3n) is 8.28. The standard InChI is InChI=1S/C15H27NO5.C11H19NO5.C9H19NO2.C5H10O2.46F2.FH/c1-10(2)12(13(17)21-15(3,4)5)16-14(18)20-11-6-8-19-9-7-11;1-7(2)9(10(13)14)12-11(15)17-8-3-5-16-6-4-8;1-6(2)7(10)8(11)12-9(3,4)5;6-5-1-3-7-4-2-5;46*1-2;/h10-12H,6-9H2,1-5H3,(H,16,18);7-9H,3-6H2,1-2H3,(H,12,15)(H,13,14);6-7H,10H2,1-5H3;5-6H,1-4H2;;;;;;;;;;;;;;;;;;;;;;;;;;;;;;;;;;;;;;;;;;;;;;;1H/t12-;9-;7-;;;;;;;;;;;;;;;;;;;;;;;;;;;;;;;;;;;;;;;;;;;;;;;;/m000................................................/s1. The summed E-state index contributed by atoms with van der Waals surface area (Å²) in [5.41, 5.74) is 4.56. The van der Waals surface area contributed by atoms with Crippen molar-refractivity contribution < 1.29 is 493 Å². The van der Waals surface area contributed by atoms with Crippen LogP contribution in [0.2, 0.25) is 0 Å². The molecule has 0 unspecified atom stereocenters. The van der Waals surface area contributed by atoms with Gasteiger partial charge in [-0.15, -0.1) is 0 Å². The van der Waals surface area contributed by atoms with E-state index in [1.165, 1.54) is 0 Å². The van der Waals surface area contributed by atoms with E-state index in [2.05, 4.69) is 10.6 Å². The van der Waals surface area contributed by atoms with E-state index in [0.29, 0.717) is 52.1 Å². The van der Waals surface area contributed by atoms with Crippen LogP contribution in [0.5, 0.6) is 0 Å². The summed E-state index contributed by atoms with van der Waals surface area (Å²) in [6, 6.07) is -2.14. The number of nitrogens with one attached hydrogen (secondary N) is 2. The molecule has 6 N–H and O–H groups in total. The number of aliphatic hydroxyl groups is 1. The lowest BCUT2D eigenvalue weighted by atomic mass is 10.0. The monoisotopic (exact) mass is 2590 g/mol. The van der Waals surface area contributed by atoms with Gasteiger partial charge in [-0.2, -0.15) is 0 Å². The van der Waals surface area contributed by atoms with E-state index in [1.54, 1.807) is 34.6 Å². The molecular formula is C40H76F93N3O14. The van der Waals surface area contributed by atoms with Gasteiger partial charge in [-0.3, -0.25) is 9.50 Å². The molecule has 0 radical (unpaired) electrons. The van der Waals surface area contributed by atoms with Gasteiger partial charge in [-0.25, -0.2) is 19.2 Å². The van der Waals surface area contributed by atoms with Gasteiger partial charge in [0.1, 0.15) is 41.5 Å². The van der Waals surface area contributed by atoms with Crippen molar-refractivity contribution in [2.24, 2.45) is 23.5 Å². The van der Waals surface area contributed by atoms with E-state index in [0.717, 1.165) is 26.1 Å². The van der Waals surface area contributed by atoms with E-state index < -0.39 is 53.5 Å². The molecule has 0 aliphatic carbocycles. The maximum absolute atomic E-state index is 12.1. The Balaban J connectivity index is -0.0000000162. The molecule has 150 heavy (non-hydrogen) atoms. The van der Waals surface area contributed by atoms with E-state index >= 15 is 0 Å². The van der Waals surface area contributed by atoms with Crippen molar-refractivity contribution in [1.29, 1.82) is 0 Å². The number of amides is 2. The Bertz CT molecular complexity index is 1310. The summed E-state index contributed by atoms with van der Waals surface area (Å²) in [6.07, 6.45) is 2.67. The maximum Gasteiger partial charge on any atom is 0.408 e. The average Bonchev–Trinajstić information content (AvgIpc) is 0.872. The molecule has 110 heteroatoms. The number of alkyl carbamates (subject to hydrolysis) is 2. The molecule has 3 atom stereocenters. The van der Waals surface area contributed by atoms with Crippen molar-refractivity contribution in [3.63, 3.8) is 0 Å². The Kier molecular flexibility index (Phi) is 1330. The number of aliphatic hydroxyl groups excluding tert-OH is 1. The highest BCUT2D eigenvalue weighted by molar-refractivity contribution is 5.82. The minimum Gasteiger partial charge on any atom is -0.480 e. The van der Waals surface area contributed by atoms with Crippen molar-refractivity contribution >= 4 is 30.1 Å². The Morgan fingerprint density at radius 2 is 0.367 bits per heavy atom. The van der Waals surface area contributed by atoms with Gasteiger partial charge in [0.05, 0.1) is 32.5 Å². The minimum absolute atomic E-state index is 0. The van der Waals surface area contributed by atoms with Crippen molar-refractivity contribution in [3.8, 4) is 0 Å². The molecule has 0 aromatic carbocycles. The van der Waals surface area contributed by atoms with Crippen LogP contribution in [0.1, 0.15) is 122 Å². The quantitative estimate of drug-likeness (QED) is 0.0776. The van der Waals surface area contributed by atoms with Crippen molar-refractivity contribution in [1.82, 2.24) is 10.6 Å². The smallest absolute Gasteiger partial charge is 0.408 e. The van der Waals surface area contributed by atoms with Gasteiger partial charge in [0.25, 0.3) is 0 Å². The fourth-order valence-electron chi connectivity index (χ4n) is 4.92. The van der Waals surface area contributed by atoms with Gasteiger partial charge < -0.3 is 59.7 Å². The number of carbonyl (C=O) groups is 5. The number of esters is 2. The highest BCUT2D eigenvalue weighted by atomic mass is 20.1. The van der Waals surface area contributed by atoms with Gasteiger partial charge in [-0.05, 0) is 72.1 Å². The molecule has 3 aliphatic rings. The van der Waals surface area contributed by atoms with E-state index in [9.17, 15) is 24.0 Å². The lowest BCUT2D eigenvalue weighted by molar-refractivity contribution is -0.159. The second-order valence-corrected chi connectivity index (χ2v) is 17.2. The number of carboxylic acid groups (broad SMARTS) is 1. The zero-order valence-corrected chi connectivity index (χ0v) is 71.7. The van der Waals surface area contributed by atoms with Crippen LogP contribution in [0.4, 0.5) is 435 Å². The second-order valence-electron chi connectivity index (χ2n) is 17.2. The first-order valence-electron chi connectivity index (χ1n) is 26.7. The Morgan fingerprint density at radius 3 is 0.473 bits per heavy atom. The minimum atomic E-state index is -1.05. The first kappa shape index (κ1) is 320. The van der Waals surface area contributed by atoms with Crippen LogP contribution in [-0.4, -0.2) is 128 Å². The first-order valence-corrected chi connectivity index (χ1v) is 26.7. The van der Waals surface area contributed by atoms with Crippen LogP contribution in [0.25, 0.3) is 0 Å². The molecule has 3 saturated heterocycles. The average molecular weight is 2590 g/mol. The third kappa shape index (κ3) is 631. The van der Waals surface area contributed by atoms with Gasteiger partial charge in [0, 0.05) is 460 Å². The number of hydrogen-bond acceptors (Lipinski definition) is 14. The zero-order chi connectivity index (χ0) is 136. The lowest BCUT2D eigenvalue weighted by Gasteiger charge is -2.27. The number of rotatable bonds is 10. The molecule has 3 fully saturated rings. The van der Waals surface area contributed by atoms with Crippen LogP contribution in [0.3, 0.4) is 0 Å². The predicted octanol–water partition coefficient (Wildman–Crippen LogP) is 43.5. The zero-order valence-electron chi connectivity index (χ0n) is 71.7. The van der Waals surface area contributed by atoms with Crippen LogP contribution in [-0.2, 0) is 47.5 Å².